The van der Waals surface area contributed by atoms with Gasteiger partial charge in [-0.1, -0.05) is 0 Å². The smallest absolute Gasteiger partial charge is 0.221 e. The van der Waals surface area contributed by atoms with Crippen LogP contribution in [0.1, 0.15) is 12.5 Å². The lowest BCUT2D eigenvalue weighted by Gasteiger charge is -2.18. The Kier molecular flexibility index (Phi) is 4.78. The summed E-state index contributed by atoms with van der Waals surface area (Å²) in [4.78, 5) is 10.4. The fraction of sp³-hybridized carbons (Fsp3) is 0.500. The molecule has 7 heteroatoms. The van der Waals surface area contributed by atoms with Gasteiger partial charge in [-0.3, -0.25) is 0 Å². The van der Waals surface area contributed by atoms with Gasteiger partial charge in [-0.25, -0.2) is 4.98 Å². The number of hydrogen-bond acceptors (Lipinski definition) is 6. The lowest BCUT2D eigenvalue weighted by Crippen LogP contribution is -2.39. The summed E-state index contributed by atoms with van der Waals surface area (Å²) in [7, 11) is 1.75. The zero-order chi connectivity index (χ0) is 16.2. The third kappa shape index (κ3) is 3.62. The molecule has 2 atom stereocenters. The first-order chi connectivity index (χ1) is 11.2. The lowest BCUT2D eigenvalue weighted by molar-refractivity contribution is 0.0967. The predicted molar refractivity (Wildman–Crippen MR) is 90.2 cm³/mol. The number of nitrogens with two attached hydrogens (primary N) is 1. The Morgan fingerprint density at radius 1 is 1.39 bits per heavy atom. The average Bonchev–Trinajstić information content (AvgIpc) is 3.19. The molecule has 0 aromatic carbocycles. The van der Waals surface area contributed by atoms with Crippen molar-refractivity contribution in [2.45, 2.75) is 32.2 Å². The number of anilines is 2. The second-order valence-electron chi connectivity index (χ2n) is 5.79. The van der Waals surface area contributed by atoms with Crippen LogP contribution in [0.3, 0.4) is 0 Å². The molecule has 0 saturated carbocycles. The monoisotopic (exact) mass is 316 g/mol. The molecule has 1 aliphatic heterocycles. The van der Waals surface area contributed by atoms with Crippen molar-refractivity contribution in [3.63, 3.8) is 0 Å². The molecule has 1 saturated heterocycles. The second-order valence-corrected chi connectivity index (χ2v) is 5.79. The van der Waals surface area contributed by atoms with Crippen molar-refractivity contribution in [1.82, 2.24) is 19.9 Å². The van der Waals surface area contributed by atoms with Crippen molar-refractivity contribution < 1.29 is 4.74 Å². The fourth-order valence-electron chi connectivity index (χ4n) is 2.98. The summed E-state index contributed by atoms with van der Waals surface area (Å²) < 4.78 is 7.81. The molecule has 0 radical (unpaired) electrons. The van der Waals surface area contributed by atoms with Gasteiger partial charge in [0.25, 0.3) is 0 Å². The molecule has 7 nitrogen and oxygen atoms in total. The lowest BCUT2D eigenvalue weighted by atomic mass is 10.2. The SMILES string of the molecule is CCn1ccc(CN[C@@H]2CN(c3ccnc(N)n3)C[C@@H]2OC)c1. The van der Waals surface area contributed by atoms with E-state index in [4.69, 9.17) is 10.5 Å². The minimum atomic E-state index is 0.124. The van der Waals surface area contributed by atoms with Crippen molar-refractivity contribution in [2.24, 2.45) is 0 Å². The van der Waals surface area contributed by atoms with Gasteiger partial charge >= 0.3 is 0 Å². The van der Waals surface area contributed by atoms with Gasteiger partial charge in [-0.05, 0) is 24.6 Å². The number of ether oxygens (including phenoxy) is 1. The van der Waals surface area contributed by atoms with Gasteiger partial charge in [0.05, 0.1) is 12.1 Å². The van der Waals surface area contributed by atoms with E-state index < -0.39 is 0 Å². The predicted octanol–water partition coefficient (Wildman–Crippen LogP) is 0.874. The molecule has 2 aromatic heterocycles. The zero-order valence-electron chi connectivity index (χ0n) is 13.6. The first-order valence-electron chi connectivity index (χ1n) is 7.94. The zero-order valence-corrected chi connectivity index (χ0v) is 13.6. The molecular formula is C16H24N6O. The first-order valence-corrected chi connectivity index (χ1v) is 7.94. The molecule has 0 aliphatic carbocycles. The molecule has 3 heterocycles. The Morgan fingerprint density at radius 2 is 2.26 bits per heavy atom. The van der Waals surface area contributed by atoms with Crippen LogP contribution in [0, 0.1) is 0 Å². The number of methoxy groups -OCH3 is 1. The van der Waals surface area contributed by atoms with Crippen LogP contribution < -0.4 is 16.0 Å². The van der Waals surface area contributed by atoms with Crippen LogP contribution >= 0.6 is 0 Å². The molecule has 124 valence electrons. The van der Waals surface area contributed by atoms with Gasteiger partial charge in [-0.15, -0.1) is 0 Å². The number of hydrogen-bond donors (Lipinski definition) is 2. The summed E-state index contributed by atoms with van der Waals surface area (Å²) in [6.45, 7) is 5.59. The third-order valence-corrected chi connectivity index (χ3v) is 4.30. The molecule has 1 fully saturated rings. The molecular weight excluding hydrogens is 292 g/mol. The van der Waals surface area contributed by atoms with Crippen molar-refractivity contribution in [2.75, 3.05) is 30.8 Å². The number of aryl methyl sites for hydroxylation is 1. The van der Waals surface area contributed by atoms with Crippen LogP contribution in [0.2, 0.25) is 0 Å². The van der Waals surface area contributed by atoms with E-state index in [-0.39, 0.29) is 12.1 Å². The summed E-state index contributed by atoms with van der Waals surface area (Å²) in [6, 6.07) is 4.28. The Balaban J connectivity index is 1.62. The molecule has 1 aliphatic rings. The highest BCUT2D eigenvalue weighted by Gasteiger charge is 2.33. The molecule has 3 N–H and O–H groups in total. The number of aromatic nitrogens is 3. The molecule has 0 amide bonds. The molecule has 0 spiro atoms. The number of rotatable bonds is 6. The molecule has 0 bridgehead atoms. The average molecular weight is 316 g/mol. The Morgan fingerprint density at radius 3 is 2.96 bits per heavy atom. The van der Waals surface area contributed by atoms with E-state index in [0.717, 1.165) is 32.0 Å². The van der Waals surface area contributed by atoms with Gasteiger partial charge in [-0.2, -0.15) is 4.98 Å². The quantitative estimate of drug-likeness (QED) is 0.823. The van der Waals surface area contributed by atoms with E-state index in [1.165, 1.54) is 5.56 Å². The highest BCUT2D eigenvalue weighted by atomic mass is 16.5. The largest absolute Gasteiger partial charge is 0.378 e. The third-order valence-electron chi connectivity index (χ3n) is 4.30. The fourth-order valence-corrected chi connectivity index (χ4v) is 2.98. The van der Waals surface area contributed by atoms with Crippen LogP contribution in [-0.2, 0) is 17.8 Å². The number of nitrogen functional groups attached to an aromatic ring is 1. The highest BCUT2D eigenvalue weighted by Crippen LogP contribution is 2.20. The summed E-state index contributed by atoms with van der Waals surface area (Å²) >= 11 is 0. The summed E-state index contributed by atoms with van der Waals surface area (Å²) in [6.07, 6.45) is 6.09. The Bertz CT molecular complexity index is 643. The van der Waals surface area contributed by atoms with Crippen molar-refractivity contribution in [1.29, 1.82) is 0 Å². The molecule has 3 rings (SSSR count). The number of nitrogens with one attached hydrogen (secondary N) is 1. The topological polar surface area (TPSA) is 81.2 Å². The van der Waals surface area contributed by atoms with E-state index in [1.54, 1.807) is 13.3 Å². The highest BCUT2D eigenvalue weighted by molar-refractivity contribution is 5.43. The maximum Gasteiger partial charge on any atom is 0.221 e. The van der Waals surface area contributed by atoms with Gasteiger partial charge in [0.15, 0.2) is 0 Å². The second kappa shape index (κ2) is 6.97. The first kappa shape index (κ1) is 15.8. The van der Waals surface area contributed by atoms with Gasteiger partial charge < -0.3 is 25.3 Å². The maximum atomic E-state index is 5.68. The molecule has 2 aromatic rings. The van der Waals surface area contributed by atoms with Crippen LogP contribution in [0.25, 0.3) is 0 Å². The standard InChI is InChI=1S/C16H24N6O/c1-3-21-7-5-12(9-21)8-19-13-10-22(11-14(13)23-2)15-4-6-18-16(17)20-15/h4-7,9,13-14,19H,3,8,10-11H2,1-2H3,(H2,17,18,20)/t13-,14+/m1/s1. The Labute approximate surface area is 136 Å². The Hall–Kier alpha value is -2.12. The van der Waals surface area contributed by atoms with Crippen molar-refractivity contribution in [3.05, 3.63) is 36.3 Å². The van der Waals surface area contributed by atoms with Crippen molar-refractivity contribution in [3.8, 4) is 0 Å². The maximum absolute atomic E-state index is 5.68. The summed E-state index contributed by atoms with van der Waals surface area (Å²) in [5.41, 5.74) is 6.96. The van der Waals surface area contributed by atoms with Crippen LogP contribution in [0.4, 0.5) is 11.8 Å². The van der Waals surface area contributed by atoms with Crippen LogP contribution in [0.5, 0.6) is 0 Å². The van der Waals surface area contributed by atoms with E-state index in [2.05, 4.69) is 50.1 Å². The minimum Gasteiger partial charge on any atom is -0.378 e. The summed E-state index contributed by atoms with van der Waals surface area (Å²) in [5.74, 6) is 1.15. The van der Waals surface area contributed by atoms with Crippen molar-refractivity contribution >= 4 is 11.8 Å². The van der Waals surface area contributed by atoms with Crippen LogP contribution in [-0.4, -0.2) is 46.9 Å². The summed E-state index contributed by atoms with van der Waals surface area (Å²) in [5, 5.41) is 3.60. The van der Waals surface area contributed by atoms with E-state index >= 15 is 0 Å². The van der Waals surface area contributed by atoms with Gasteiger partial charge in [0, 0.05) is 51.9 Å². The van der Waals surface area contributed by atoms with E-state index in [9.17, 15) is 0 Å². The minimum absolute atomic E-state index is 0.124. The normalized spacial score (nSPS) is 21.0. The molecule has 23 heavy (non-hydrogen) atoms. The molecule has 0 unspecified atom stereocenters. The van der Waals surface area contributed by atoms with Gasteiger partial charge in [0.2, 0.25) is 5.95 Å². The van der Waals surface area contributed by atoms with Gasteiger partial charge in [0.1, 0.15) is 5.82 Å². The van der Waals surface area contributed by atoms with E-state index in [1.807, 2.05) is 6.07 Å². The van der Waals surface area contributed by atoms with Crippen LogP contribution in [0.15, 0.2) is 30.7 Å². The number of nitrogens with zero attached hydrogens (tertiary/aromatic N) is 4. The van der Waals surface area contributed by atoms with E-state index in [0.29, 0.717) is 5.95 Å².